The first-order chi connectivity index (χ1) is 14.6. The van der Waals surface area contributed by atoms with Crippen molar-refractivity contribution in [2.24, 2.45) is 0 Å². The van der Waals surface area contributed by atoms with Gasteiger partial charge in [-0.25, -0.2) is 4.68 Å². The molecule has 4 rings (SSSR count). The van der Waals surface area contributed by atoms with Crippen LogP contribution in [0.5, 0.6) is 0 Å². The molecule has 160 valence electrons. The summed E-state index contributed by atoms with van der Waals surface area (Å²) in [5.41, 5.74) is 0.590. The molecular weight excluding hydrogens is 396 g/mol. The van der Waals surface area contributed by atoms with Crippen LogP contribution < -0.4 is 10.9 Å². The van der Waals surface area contributed by atoms with E-state index in [2.05, 4.69) is 15.3 Å². The Balaban J connectivity index is 1.45. The molecule has 0 unspecified atom stereocenters. The van der Waals surface area contributed by atoms with E-state index in [1.807, 2.05) is 31.2 Å². The third kappa shape index (κ3) is 4.27. The molecule has 3 aromatic rings. The maximum Gasteiger partial charge on any atom is 0.276 e. The first-order valence-electron chi connectivity index (χ1n) is 11.0. The average molecular weight is 427 g/mol. The second kappa shape index (κ2) is 9.27. The van der Waals surface area contributed by atoms with E-state index in [0.29, 0.717) is 11.9 Å². The molecule has 3 heterocycles. The lowest BCUT2D eigenvalue weighted by molar-refractivity contribution is -0.124. The molecule has 1 aromatic carbocycles. The number of hydrogen-bond donors (Lipinski definition) is 1. The van der Waals surface area contributed by atoms with Gasteiger partial charge in [0.1, 0.15) is 6.04 Å². The Morgan fingerprint density at radius 3 is 2.70 bits per heavy atom. The van der Waals surface area contributed by atoms with E-state index in [-0.39, 0.29) is 11.5 Å². The smallest absolute Gasteiger partial charge is 0.276 e. The largest absolute Gasteiger partial charge is 0.354 e. The summed E-state index contributed by atoms with van der Waals surface area (Å²) in [7, 11) is 0. The number of aromatic nitrogens is 2. The number of hydrogen-bond acceptors (Lipinski definition) is 5. The minimum atomic E-state index is -0.641. The van der Waals surface area contributed by atoms with Gasteiger partial charge in [-0.2, -0.15) is 5.10 Å². The molecule has 6 nitrogen and oxygen atoms in total. The molecule has 1 atom stereocenters. The number of rotatable bonds is 6. The van der Waals surface area contributed by atoms with Crippen LogP contribution in [0.25, 0.3) is 20.2 Å². The summed E-state index contributed by atoms with van der Waals surface area (Å²) < 4.78 is 3.32. The van der Waals surface area contributed by atoms with Crippen LogP contribution in [-0.4, -0.2) is 46.8 Å². The summed E-state index contributed by atoms with van der Waals surface area (Å²) in [5.74, 6) is -0.154. The van der Waals surface area contributed by atoms with Crippen molar-refractivity contribution < 1.29 is 4.79 Å². The van der Waals surface area contributed by atoms with Gasteiger partial charge < -0.3 is 10.2 Å². The second-order valence-corrected chi connectivity index (χ2v) is 9.27. The molecule has 1 saturated heterocycles. The van der Waals surface area contributed by atoms with E-state index in [1.54, 1.807) is 18.3 Å². The standard InChI is InChI=1S/C23H30N4O2S/c1-16-21-20(18-10-5-6-11-19(18)30-21)23(29)27(25-16)17(2)22(28)24-12-9-15-26-13-7-3-4-8-14-26/h5-6,10-11,17H,3-4,7-9,12-15H2,1-2H3,(H,24,28)/t17-/m1/s1. The SMILES string of the molecule is Cc1nn([C@H](C)C(=O)NCCCN2CCCCCC2)c(=O)c2c1sc1ccccc12. The van der Waals surface area contributed by atoms with E-state index in [0.717, 1.165) is 46.5 Å². The second-order valence-electron chi connectivity index (χ2n) is 8.21. The third-order valence-corrected chi connectivity index (χ3v) is 7.28. The highest BCUT2D eigenvalue weighted by Gasteiger charge is 2.21. The van der Waals surface area contributed by atoms with Crippen LogP contribution in [0.1, 0.15) is 50.8 Å². The van der Waals surface area contributed by atoms with Gasteiger partial charge in [0.2, 0.25) is 5.91 Å². The van der Waals surface area contributed by atoms with Crippen LogP contribution in [0, 0.1) is 6.92 Å². The zero-order valence-corrected chi connectivity index (χ0v) is 18.6. The summed E-state index contributed by atoms with van der Waals surface area (Å²) in [6.45, 7) is 7.61. The number of fused-ring (bicyclic) bond motifs is 3. The Kier molecular flexibility index (Phi) is 6.49. The summed E-state index contributed by atoms with van der Waals surface area (Å²) in [6, 6.07) is 7.25. The Morgan fingerprint density at radius 1 is 1.20 bits per heavy atom. The van der Waals surface area contributed by atoms with Crippen LogP contribution in [0.4, 0.5) is 0 Å². The molecule has 0 bridgehead atoms. The summed E-state index contributed by atoms with van der Waals surface area (Å²) >= 11 is 1.58. The highest BCUT2D eigenvalue weighted by molar-refractivity contribution is 7.26. The Hall–Kier alpha value is -2.25. The number of thiophene rings is 1. The molecule has 1 N–H and O–H groups in total. The number of nitrogens with zero attached hydrogens (tertiary/aromatic N) is 3. The molecule has 1 aliphatic heterocycles. The van der Waals surface area contributed by atoms with Crippen molar-refractivity contribution in [1.82, 2.24) is 20.0 Å². The van der Waals surface area contributed by atoms with Crippen molar-refractivity contribution in [3.05, 3.63) is 40.3 Å². The number of benzene rings is 1. The molecule has 0 saturated carbocycles. The molecule has 1 aliphatic rings. The number of carbonyl (C=O) groups is 1. The lowest BCUT2D eigenvalue weighted by Crippen LogP contribution is -2.38. The minimum absolute atomic E-state index is 0.154. The number of nitrogens with one attached hydrogen (secondary N) is 1. The van der Waals surface area contributed by atoms with Crippen molar-refractivity contribution >= 4 is 37.4 Å². The Labute approximate surface area is 180 Å². The van der Waals surface area contributed by atoms with Crippen LogP contribution >= 0.6 is 11.3 Å². The normalized spacial score (nSPS) is 16.6. The zero-order chi connectivity index (χ0) is 21.1. The first kappa shape index (κ1) is 21.0. The molecule has 0 radical (unpaired) electrons. The zero-order valence-electron chi connectivity index (χ0n) is 17.8. The van der Waals surface area contributed by atoms with E-state index >= 15 is 0 Å². The van der Waals surface area contributed by atoms with E-state index in [4.69, 9.17) is 0 Å². The van der Waals surface area contributed by atoms with Crippen molar-refractivity contribution in [2.45, 2.75) is 52.0 Å². The molecule has 0 spiro atoms. The lowest BCUT2D eigenvalue weighted by atomic mass is 10.2. The minimum Gasteiger partial charge on any atom is -0.354 e. The predicted molar refractivity (Wildman–Crippen MR) is 123 cm³/mol. The van der Waals surface area contributed by atoms with Crippen molar-refractivity contribution in [1.29, 1.82) is 0 Å². The van der Waals surface area contributed by atoms with Crippen molar-refractivity contribution in [3.8, 4) is 0 Å². The molecule has 1 amide bonds. The molecular formula is C23H30N4O2S. The van der Waals surface area contributed by atoms with E-state index in [1.165, 1.54) is 30.4 Å². The quantitative estimate of drug-likeness (QED) is 0.608. The fourth-order valence-electron chi connectivity index (χ4n) is 4.27. The Bertz CT molecular complexity index is 1100. The molecule has 0 aliphatic carbocycles. The lowest BCUT2D eigenvalue weighted by Gasteiger charge is -2.20. The summed E-state index contributed by atoms with van der Waals surface area (Å²) in [5, 5.41) is 9.08. The Morgan fingerprint density at radius 2 is 1.93 bits per heavy atom. The predicted octanol–water partition coefficient (Wildman–Crippen LogP) is 3.86. The van der Waals surface area contributed by atoms with Crippen molar-refractivity contribution in [3.63, 3.8) is 0 Å². The fourth-order valence-corrected chi connectivity index (χ4v) is 5.41. The molecule has 7 heteroatoms. The third-order valence-electron chi connectivity index (χ3n) is 6.00. The summed E-state index contributed by atoms with van der Waals surface area (Å²) in [4.78, 5) is 28.4. The van der Waals surface area contributed by atoms with Gasteiger partial charge in [-0.15, -0.1) is 11.3 Å². The van der Waals surface area contributed by atoms with Gasteiger partial charge in [-0.1, -0.05) is 31.0 Å². The van der Waals surface area contributed by atoms with Crippen LogP contribution in [0.3, 0.4) is 0 Å². The average Bonchev–Trinajstić information content (AvgIpc) is 2.96. The van der Waals surface area contributed by atoms with Crippen LogP contribution in [0.2, 0.25) is 0 Å². The monoisotopic (exact) mass is 426 g/mol. The maximum absolute atomic E-state index is 13.2. The van der Waals surface area contributed by atoms with E-state index in [9.17, 15) is 9.59 Å². The topological polar surface area (TPSA) is 67.2 Å². The van der Waals surface area contributed by atoms with Gasteiger partial charge in [-0.3, -0.25) is 9.59 Å². The van der Waals surface area contributed by atoms with Gasteiger partial charge in [0, 0.05) is 16.6 Å². The molecule has 1 fully saturated rings. The van der Waals surface area contributed by atoms with Crippen LogP contribution in [0.15, 0.2) is 29.1 Å². The molecule has 30 heavy (non-hydrogen) atoms. The number of likely N-dealkylation sites (tertiary alicyclic amines) is 1. The van der Waals surface area contributed by atoms with Gasteiger partial charge in [0.15, 0.2) is 0 Å². The van der Waals surface area contributed by atoms with E-state index < -0.39 is 6.04 Å². The number of aryl methyl sites for hydroxylation is 1. The van der Waals surface area contributed by atoms with Gasteiger partial charge in [0.05, 0.1) is 15.8 Å². The van der Waals surface area contributed by atoms with Gasteiger partial charge >= 0.3 is 0 Å². The van der Waals surface area contributed by atoms with Crippen molar-refractivity contribution in [2.75, 3.05) is 26.2 Å². The fraction of sp³-hybridized carbons (Fsp3) is 0.522. The maximum atomic E-state index is 13.2. The van der Waals surface area contributed by atoms with Crippen LogP contribution in [-0.2, 0) is 4.79 Å². The number of carbonyl (C=O) groups excluding carboxylic acids is 1. The number of amides is 1. The highest BCUT2D eigenvalue weighted by atomic mass is 32.1. The first-order valence-corrected chi connectivity index (χ1v) is 11.8. The summed E-state index contributed by atoms with van der Waals surface area (Å²) in [6.07, 6.45) is 6.13. The van der Waals surface area contributed by atoms with Gasteiger partial charge in [0.25, 0.3) is 5.56 Å². The van der Waals surface area contributed by atoms with Gasteiger partial charge in [-0.05, 0) is 58.8 Å². The molecule has 2 aromatic heterocycles. The highest BCUT2D eigenvalue weighted by Crippen LogP contribution is 2.32.